The lowest BCUT2D eigenvalue weighted by Crippen LogP contribution is -2.34. The molecule has 0 atom stereocenters. The highest BCUT2D eigenvalue weighted by Crippen LogP contribution is 2.36. The molecule has 0 aliphatic rings. The Morgan fingerprint density at radius 2 is 2.00 bits per heavy atom. The quantitative estimate of drug-likeness (QED) is 0.821. The third kappa shape index (κ3) is 3.92. The van der Waals surface area contributed by atoms with Gasteiger partial charge in [0.25, 0.3) is 10.0 Å². The summed E-state index contributed by atoms with van der Waals surface area (Å²) in [6.07, 6.45) is 0. The Labute approximate surface area is 120 Å². The first-order valence-corrected chi connectivity index (χ1v) is 8.38. The molecule has 1 rings (SSSR count). The largest absolute Gasteiger partial charge is 0.252 e. The Morgan fingerprint density at radius 3 is 2.35 bits per heavy atom. The molecule has 0 aromatic carbocycles. The molecule has 0 radical (unpaired) electrons. The van der Waals surface area contributed by atoms with Gasteiger partial charge in [-0.1, -0.05) is 32.4 Å². The zero-order valence-corrected chi connectivity index (χ0v) is 14.1. The Hall–Kier alpha value is 0.380. The highest BCUT2D eigenvalue weighted by atomic mass is 79.9. The summed E-state index contributed by atoms with van der Waals surface area (Å²) >= 11 is 10.2. The van der Waals surface area contributed by atoms with Crippen molar-refractivity contribution in [2.24, 2.45) is 5.41 Å². The number of hydrogen-bond donors (Lipinski definition) is 0. The summed E-state index contributed by atoms with van der Waals surface area (Å²) in [7, 11) is -1.85. The smallest absolute Gasteiger partial charge is 0.206 e. The second-order valence-corrected chi connectivity index (χ2v) is 10.1. The normalized spacial score (nSPS) is 13.4. The third-order valence-electron chi connectivity index (χ3n) is 1.98. The van der Waals surface area contributed by atoms with Crippen molar-refractivity contribution in [2.75, 3.05) is 13.6 Å². The van der Waals surface area contributed by atoms with Crippen LogP contribution in [0.3, 0.4) is 0 Å². The van der Waals surface area contributed by atoms with Crippen LogP contribution in [0.25, 0.3) is 0 Å². The van der Waals surface area contributed by atoms with Gasteiger partial charge in [-0.05, 0) is 27.4 Å². The monoisotopic (exact) mass is 359 g/mol. The molecule has 0 saturated carbocycles. The number of rotatable bonds is 3. The van der Waals surface area contributed by atoms with Crippen LogP contribution in [0.4, 0.5) is 0 Å². The van der Waals surface area contributed by atoms with E-state index < -0.39 is 10.0 Å². The zero-order valence-electron chi connectivity index (χ0n) is 10.1. The minimum atomic E-state index is -3.44. The number of halogens is 2. The van der Waals surface area contributed by atoms with Crippen LogP contribution in [0.2, 0.25) is 5.02 Å². The van der Waals surface area contributed by atoms with E-state index in [0.717, 1.165) is 11.3 Å². The lowest BCUT2D eigenvalue weighted by Gasteiger charge is -2.25. The maximum atomic E-state index is 12.2. The number of thiophene rings is 1. The molecule has 1 aromatic heterocycles. The van der Waals surface area contributed by atoms with E-state index in [1.807, 2.05) is 20.8 Å². The molecule has 0 aliphatic carbocycles. The standard InChI is InChI=1S/C10H15BrClNO2S2/c1-10(2,3)6-13(4)17(14,15)8-5-7(12)9(11)16-8/h5H,6H2,1-4H3. The van der Waals surface area contributed by atoms with Gasteiger partial charge in [0.2, 0.25) is 0 Å². The highest BCUT2D eigenvalue weighted by Gasteiger charge is 2.27. The Balaban J connectivity index is 3.03. The van der Waals surface area contributed by atoms with Crippen molar-refractivity contribution >= 4 is 48.9 Å². The Morgan fingerprint density at radius 1 is 1.47 bits per heavy atom. The van der Waals surface area contributed by atoms with Crippen LogP contribution in [0.5, 0.6) is 0 Å². The fourth-order valence-electron chi connectivity index (χ4n) is 1.36. The van der Waals surface area contributed by atoms with Crippen molar-refractivity contribution < 1.29 is 8.42 Å². The van der Waals surface area contributed by atoms with Gasteiger partial charge in [-0.3, -0.25) is 0 Å². The van der Waals surface area contributed by atoms with E-state index in [1.165, 1.54) is 10.4 Å². The molecule has 98 valence electrons. The second kappa shape index (κ2) is 5.17. The number of sulfonamides is 1. The lowest BCUT2D eigenvalue weighted by molar-refractivity contribution is 0.311. The van der Waals surface area contributed by atoms with Gasteiger partial charge in [0.05, 0.1) is 8.81 Å². The SMILES string of the molecule is CN(CC(C)(C)C)S(=O)(=O)c1cc(Cl)c(Br)s1. The molecule has 3 nitrogen and oxygen atoms in total. The molecule has 0 spiro atoms. The van der Waals surface area contributed by atoms with E-state index in [-0.39, 0.29) is 9.62 Å². The average molecular weight is 361 g/mol. The van der Waals surface area contributed by atoms with Crippen molar-refractivity contribution in [3.63, 3.8) is 0 Å². The van der Waals surface area contributed by atoms with Crippen LogP contribution in [0.15, 0.2) is 14.1 Å². The maximum Gasteiger partial charge on any atom is 0.252 e. The molecule has 0 saturated heterocycles. The van der Waals surface area contributed by atoms with E-state index >= 15 is 0 Å². The minimum Gasteiger partial charge on any atom is -0.206 e. The fraction of sp³-hybridized carbons (Fsp3) is 0.600. The molecular weight excluding hydrogens is 346 g/mol. The summed E-state index contributed by atoms with van der Waals surface area (Å²) in [6, 6.07) is 1.48. The lowest BCUT2D eigenvalue weighted by atomic mass is 9.97. The van der Waals surface area contributed by atoms with Gasteiger partial charge < -0.3 is 0 Å². The van der Waals surface area contributed by atoms with Crippen molar-refractivity contribution in [2.45, 2.75) is 25.0 Å². The summed E-state index contributed by atoms with van der Waals surface area (Å²) in [5.74, 6) is 0. The zero-order chi connectivity index (χ0) is 13.4. The second-order valence-electron chi connectivity index (χ2n) is 5.01. The van der Waals surface area contributed by atoms with Gasteiger partial charge in [-0.2, -0.15) is 4.31 Å². The molecule has 0 bridgehead atoms. The number of hydrogen-bond acceptors (Lipinski definition) is 3. The minimum absolute atomic E-state index is 0.0832. The summed E-state index contributed by atoms with van der Waals surface area (Å²) in [4.78, 5) is 0. The molecule has 0 aliphatic heterocycles. The van der Waals surface area contributed by atoms with Crippen LogP contribution in [0, 0.1) is 5.41 Å². The third-order valence-corrected chi connectivity index (χ3v) is 6.71. The van der Waals surface area contributed by atoms with E-state index in [0.29, 0.717) is 15.4 Å². The van der Waals surface area contributed by atoms with Crippen molar-refractivity contribution in [3.05, 3.63) is 14.9 Å². The highest BCUT2D eigenvalue weighted by molar-refractivity contribution is 9.11. The van der Waals surface area contributed by atoms with Gasteiger partial charge in [0.1, 0.15) is 4.21 Å². The Kier molecular flexibility index (Phi) is 4.69. The van der Waals surface area contributed by atoms with Crippen LogP contribution < -0.4 is 0 Å². The van der Waals surface area contributed by atoms with Gasteiger partial charge in [0.15, 0.2) is 0 Å². The van der Waals surface area contributed by atoms with Gasteiger partial charge in [-0.15, -0.1) is 11.3 Å². The topological polar surface area (TPSA) is 37.4 Å². The summed E-state index contributed by atoms with van der Waals surface area (Å²) in [6.45, 7) is 6.45. The first kappa shape index (κ1) is 15.4. The predicted octanol–water partition coefficient (Wildman–Crippen LogP) is 3.83. The van der Waals surface area contributed by atoms with E-state index in [9.17, 15) is 8.42 Å². The molecular formula is C10H15BrClNO2S2. The van der Waals surface area contributed by atoms with Crippen LogP contribution >= 0.6 is 38.9 Å². The molecule has 7 heteroatoms. The summed E-state index contributed by atoms with van der Waals surface area (Å²) < 4.78 is 26.7. The first-order chi connectivity index (χ1) is 7.54. The molecule has 1 heterocycles. The number of nitrogens with zero attached hydrogens (tertiary/aromatic N) is 1. The molecule has 0 amide bonds. The molecule has 0 unspecified atom stereocenters. The molecule has 1 aromatic rings. The molecule has 0 N–H and O–H groups in total. The Bertz CT molecular complexity index is 485. The fourth-order valence-corrected chi connectivity index (χ4v) is 5.37. The maximum absolute atomic E-state index is 12.2. The van der Waals surface area contributed by atoms with Crippen molar-refractivity contribution in [1.82, 2.24) is 4.31 Å². The van der Waals surface area contributed by atoms with Crippen molar-refractivity contribution in [1.29, 1.82) is 0 Å². The van der Waals surface area contributed by atoms with Gasteiger partial charge >= 0.3 is 0 Å². The van der Waals surface area contributed by atoms with Gasteiger partial charge in [0, 0.05) is 13.6 Å². The molecule has 0 fully saturated rings. The van der Waals surface area contributed by atoms with E-state index in [1.54, 1.807) is 7.05 Å². The van der Waals surface area contributed by atoms with Crippen LogP contribution in [-0.2, 0) is 10.0 Å². The van der Waals surface area contributed by atoms with E-state index in [2.05, 4.69) is 15.9 Å². The summed E-state index contributed by atoms with van der Waals surface area (Å²) in [5, 5.41) is 0.428. The first-order valence-electron chi connectivity index (χ1n) is 4.95. The van der Waals surface area contributed by atoms with Gasteiger partial charge in [-0.25, -0.2) is 8.42 Å². The van der Waals surface area contributed by atoms with Crippen LogP contribution in [0.1, 0.15) is 20.8 Å². The van der Waals surface area contributed by atoms with Crippen LogP contribution in [-0.4, -0.2) is 26.3 Å². The average Bonchev–Trinajstić information content (AvgIpc) is 2.44. The van der Waals surface area contributed by atoms with E-state index in [4.69, 9.17) is 11.6 Å². The predicted molar refractivity (Wildman–Crippen MR) is 76.3 cm³/mol. The summed E-state index contributed by atoms with van der Waals surface area (Å²) in [5.41, 5.74) is -0.0832. The molecule has 17 heavy (non-hydrogen) atoms. The van der Waals surface area contributed by atoms with Crippen molar-refractivity contribution in [3.8, 4) is 0 Å².